The number of nitrogens with two attached hydrogens (primary N) is 1. The molecule has 9 heteroatoms. The Labute approximate surface area is 160 Å². The number of nitrogens with one attached hydrogen (secondary N) is 1. The van der Waals surface area contributed by atoms with Gasteiger partial charge >= 0.3 is 6.18 Å². The summed E-state index contributed by atoms with van der Waals surface area (Å²) in [6, 6.07) is 14.1. The fourth-order valence-corrected chi connectivity index (χ4v) is 3.84. The van der Waals surface area contributed by atoms with Crippen LogP contribution >= 0.6 is 12.4 Å². The second-order valence-electron chi connectivity index (χ2n) is 5.72. The van der Waals surface area contributed by atoms with E-state index in [1.165, 1.54) is 18.2 Å². The van der Waals surface area contributed by atoms with Gasteiger partial charge in [-0.3, -0.25) is 0 Å². The van der Waals surface area contributed by atoms with Crippen molar-refractivity contribution >= 4 is 38.9 Å². The summed E-state index contributed by atoms with van der Waals surface area (Å²) in [5.74, 6) is 0. The lowest BCUT2D eigenvalue weighted by Crippen LogP contribution is -2.23. The van der Waals surface area contributed by atoms with E-state index >= 15 is 0 Å². The van der Waals surface area contributed by atoms with E-state index in [1.54, 1.807) is 30.3 Å². The second-order valence-corrected chi connectivity index (χ2v) is 7.45. The summed E-state index contributed by atoms with van der Waals surface area (Å²) < 4.78 is 65.4. The van der Waals surface area contributed by atoms with Crippen LogP contribution in [-0.4, -0.2) is 8.42 Å². The minimum Gasteiger partial charge on any atom is -0.398 e. The van der Waals surface area contributed by atoms with Gasteiger partial charge in [-0.1, -0.05) is 36.4 Å². The van der Waals surface area contributed by atoms with Crippen molar-refractivity contribution in [1.82, 2.24) is 4.72 Å². The van der Waals surface area contributed by atoms with Gasteiger partial charge in [0.1, 0.15) is 0 Å². The third-order valence-electron chi connectivity index (χ3n) is 3.95. The maximum atomic E-state index is 12.6. The molecule has 0 aliphatic heterocycles. The number of sulfonamides is 1. The lowest BCUT2D eigenvalue weighted by Gasteiger charge is -2.11. The minimum absolute atomic E-state index is 0. The van der Waals surface area contributed by atoms with E-state index in [9.17, 15) is 21.6 Å². The van der Waals surface area contributed by atoms with Crippen molar-refractivity contribution in [3.8, 4) is 0 Å². The van der Waals surface area contributed by atoms with E-state index in [2.05, 4.69) is 4.72 Å². The van der Waals surface area contributed by atoms with E-state index in [-0.39, 0.29) is 23.8 Å². The van der Waals surface area contributed by atoms with Gasteiger partial charge in [0.15, 0.2) is 0 Å². The molecule has 0 aliphatic rings. The van der Waals surface area contributed by atoms with Crippen LogP contribution in [0, 0.1) is 0 Å². The number of anilines is 1. The first kappa shape index (κ1) is 21.0. The Kier molecular flexibility index (Phi) is 6.04. The smallest absolute Gasteiger partial charge is 0.398 e. The summed E-state index contributed by atoms with van der Waals surface area (Å²) in [6.45, 7) is -0.126. The largest absolute Gasteiger partial charge is 0.416 e. The molecule has 0 spiro atoms. The average Bonchev–Trinajstić information content (AvgIpc) is 2.59. The zero-order valence-electron chi connectivity index (χ0n) is 13.8. The molecule has 0 bridgehead atoms. The van der Waals surface area contributed by atoms with E-state index in [0.717, 1.165) is 12.1 Å². The van der Waals surface area contributed by atoms with Crippen LogP contribution in [0.4, 0.5) is 18.9 Å². The molecular formula is C18H16ClF3N2O2S. The van der Waals surface area contributed by atoms with Crippen molar-refractivity contribution in [2.24, 2.45) is 0 Å². The average molecular weight is 417 g/mol. The quantitative estimate of drug-likeness (QED) is 0.621. The molecule has 0 saturated heterocycles. The van der Waals surface area contributed by atoms with Crippen LogP contribution in [0.5, 0.6) is 0 Å². The molecule has 0 radical (unpaired) electrons. The second kappa shape index (κ2) is 7.75. The van der Waals surface area contributed by atoms with Crippen molar-refractivity contribution < 1.29 is 21.6 Å². The molecule has 27 heavy (non-hydrogen) atoms. The summed E-state index contributed by atoms with van der Waals surface area (Å²) in [5.41, 5.74) is 5.97. The molecule has 0 amide bonds. The maximum Gasteiger partial charge on any atom is 0.416 e. The van der Waals surface area contributed by atoms with Gasteiger partial charge < -0.3 is 5.73 Å². The highest BCUT2D eigenvalue weighted by molar-refractivity contribution is 7.89. The third kappa shape index (κ3) is 4.52. The van der Waals surface area contributed by atoms with E-state index < -0.39 is 21.8 Å². The molecule has 0 fully saturated rings. The van der Waals surface area contributed by atoms with Crippen molar-refractivity contribution in [1.29, 1.82) is 0 Å². The summed E-state index contributed by atoms with van der Waals surface area (Å²) in [4.78, 5) is 0.0641. The van der Waals surface area contributed by atoms with Gasteiger partial charge in [-0.15, -0.1) is 12.4 Å². The summed E-state index contributed by atoms with van der Waals surface area (Å²) in [6.07, 6.45) is -4.43. The maximum absolute atomic E-state index is 12.6. The van der Waals surface area contributed by atoms with E-state index in [1.807, 2.05) is 0 Å². The molecule has 3 aromatic rings. The molecule has 4 nitrogen and oxygen atoms in total. The molecule has 3 rings (SSSR count). The highest BCUT2D eigenvalue weighted by Gasteiger charge is 2.30. The first-order chi connectivity index (χ1) is 12.2. The standard InChI is InChI=1S/C18H15F3N2O2S.ClH/c19-18(20,21)13-9-7-12(8-10-13)11-23-26(24,25)17-6-2-3-14-15(17)4-1-5-16(14)22;/h1-10,23H,11,22H2;1H. The number of hydrogen-bond acceptors (Lipinski definition) is 3. The SMILES string of the molecule is Cl.Nc1cccc2c(S(=O)(=O)NCc3ccc(C(F)(F)F)cc3)cccc12. The van der Waals surface area contributed by atoms with Crippen LogP contribution < -0.4 is 10.5 Å². The lowest BCUT2D eigenvalue weighted by atomic mass is 10.1. The molecule has 0 saturated carbocycles. The minimum atomic E-state index is -4.43. The highest BCUT2D eigenvalue weighted by atomic mass is 35.5. The Morgan fingerprint density at radius 1 is 0.889 bits per heavy atom. The zero-order valence-corrected chi connectivity index (χ0v) is 15.5. The molecular weight excluding hydrogens is 401 g/mol. The number of fused-ring (bicyclic) bond motifs is 1. The fourth-order valence-electron chi connectivity index (χ4n) is 2.61. The van der Waals surface area contributed by atoms with Crippen LogP contribution in [-0.2, 0) is 22.7 Å². The topological polar surface area (TPSA) is 72.2 Å². The van der Waals surface area contributed by atoms with Crippen molar-refractivity contribution in [2.75, 3.05) is 5.73 Å². The predicted octanol–water partition coefficient (Wildman–Crippen LogP) is 4.34. The number of benzene rings is 3. The number of halogens is 4. The van der Waals surface area contributed by atoms with Gasteiger partial charge in [-0.05, 0) is 29.8 Å². The molecule has 0 atom stereocenters. The van der Waals surface area contributed by atoms with Crippen LogP contribution in [0.1, 0.15) is 11.1 Å². The molecule has 0 aromatic heterocycles. The Bertz CT molecular complexity index is 1050. The van der Waals surface area contributed by atoms with E-state index in [0.29, 0.717) is 22.0 Å². The normalized spacial score (nSPS) is 12.0. The summed E-state index contributed by atoms with van der Waals surface area (Å²) in [7, 11) is -3.87. The molecule has 3 N–H and O–H groups in total. The molecule has 0 heterocycles. The highest BCUT2D eigenvalue weighted by Crippen LogP contribution is 2.29. The number of alkyl halides is 3. The molecule has 0 unspecified atom stereocenters. The van der Waals surface area contributed by atoms with Crippen LogP contribution in [0.25, 0.3) is 10.8 Å². The Hall–Kier alpha value is -2.29. The molecule has 3 aromatic carbocycles. The Balaban J connectivity index is 0.00000261. The van der Waals surface area contributed by atoms with Crippen molar-refractivity contribution in [2.45, 2.75) is 17.6 Å². The van der Waals surface area contributed by atoms with Crippen molar-refractivity contribution in [3.63, 3.8) is 0 Å². The number of nitrogen functional groups attached to an aromatic ring is 1. The lowest BCUT2D eigenvalue weighted by molar-refractivity contribution is -0.137. The van der Waals surface area contributed by atoms with Gasteiger partial charge in [-0.25, -0.2) is 13.1 Å². The first-order valence-electron chi connectivity index (χ1n) is 7.61. The number of rotatable bonds is 4. The molecule has 0 aliphatic carbocycles. The van der Waals surface area contributed by atoms with Crippen LogP contribution in [0.15, 0.2) is 65.6 Å². The van der Waals surface area contributed by atoms with Gasteiger partial charge in [0.2, 0.25) is 10.0 Å². The van der Waals surface area contributed by atoms with E-state index in [4.69, 9.17) is 5.73 Å². The fraction of sp³-hybridized carbons (Fsp3) is 0.111. The van der Waals surface area contributed by atoms with Crippen LogP contribution in [0.3, 0.4) is 0 Å². The monoisotopic (exact) mass is 416 g/mol. The Morgan fingerprint density at radius 2 is 1.48 bits per heavy atom. The predicted molar refractivity (Wildman–Crippen MR) is 101 cm³/mol. The van der Waals surface area contributed by atoms with Gasteiger partial charge in [0.25, 0.3) is 0 Å². The van der Waals surface area contributed by atoms with Crippen LogP contribution in [0.2, 0.25) is 0 Å². The molecule has 144 valence electrons. The third-order valence-corrected chi connectivity index (χ3v) is 5.41. The first-order valence-corrected chi connectivity index (χ1v) is 9.10. The van der Waals surface area contributed by atoms with Gasteiger partial charge in [0.05, 0.1) is 10.5 Å². The summed E-state index contributed by atoms with van der Waals surface area (Å²) in [5, 5.41) is 1.09. The van der Waals surface area contributed by atoms with Crippen molar-refractivity contribution in [3.05, 3.63) is 71.8 Å². The van der Waals surface area contributed by atoms with Gasteiger partial charge in [0, 0.05) is 23.0 Å². The summed E-state index contributed by atoms with van der Waals surface area (Å²) >= 11 is 0. The Morgan fingerprint density at radius 3 is 2.11 bits per heavy atom. The number of hydrogen-bond donors (Lipinski definition) is 2. The zero-order chi connectivity index (χ0) is 18.9. The van der Waals surface area contributed by atoms with Gasteiger partial charge in [-0.2, -0.15) is 13.2 Å².